The predicted octanol–water partition coefficient (Wildman–Crippen LogP) is 2.98. The Bertz CT molecular complexity index is 355. The summed E-state index contributed by atoms with van der Waals surface area (Å²) in [5, 5.41) is 3.24. The van der Waals surface area contributed by atoms with Crippen LogP contribution in [0.1, 0.15) is 18.9 Å². The number of nitrogens with zero attached hydrogens (tertiary/aromatic N) is 1. The number of aromatic nitrogens is 1. The molecule has 1 aromatic rings. The van der Waals surface area contributed by atoms with Gasteiger partial charge in [-0.1, -0.05) is 0 Å². The molecule has 1 aromatic heterocycles. The molecule has 0 saturated heterocycles. The van der Waals surface area contributed by atoms with Crippen molar-refractivity contribution in [3.63, 3.8) is 0 Å². The van der Waals surface area contributed by atoms with Crippen molar-refractivity contribution in [2.75, 3.05) is 5.32 Å². The number of pyridine rings is 1. The van der Waals surface area contributed by atoms with E-state index >= 15 is 0 Å². The number of hydrogen-bond acceptors (Lipinski definition) is 2. The lowest BCUT2D eigenvalue weighted by Gasteiger charge is -2.12. The van der Waals surface area contributed by atoms with Gasteiger partial charge < -0.3 is 5.32 Å². The Labute approximate surface area is 93.3 Å². The van der Waals surface area contributed by atoms with Crippen LogP contribution in [-0.2, 0) is 0 Å². The summed E-state index contributed by atoms with van der Waals surface area (Å²) in [6.07, 6.45) is 7.75. The molecule has 1 unspecified atom stereocenters. The fourth-order valence-corrected chi connectivity index (χ4v) is 1.68. The van der Waals surface area contributed by atoms with Gasteiger partial charge in [-0.2, -0.15) is 0 Å². The average molecular weight is 253 g/mol. The van der Waals surface area contributed by atoms with Crippen molar-refractivity contribution in [1.82, 2.24) is 4.98 Å². The van der Waals surface area contributed by atoms with Gasteiger partial charge in [0.25, 0.3) is 0 Å². The number of rotatable bonds is 3. The van der Waals surface area contributed by atoms with Crippen molar-refractivity contribution in [1.29, 1.82) is 0 Å². The maximum absolute atomic E-state index is 5.22. The summed E-state index contributed by atoms with van der Waals surface area (Å²) in [4.78, 5) is 4.27. The van der Waals surface area contributed by atoms with Gasteiger partial charge in [0.1, 0.15) is 5.82 Å². The first-order valence-corrected chi connectivity index (χ1v) is 5.25. The van der Waals surface area contributed by atoms with Gasteiger partial charge in [-0.15, -0.1) is 12.3 Å². The molecular formula is C11H13BrN2. The van der Waals surface area contributed by atoms with Crippen LogP contribution in [0, 0.1) is 19.3 Å². The lowest BCUT2D eigenvalue weighted by atomic mass is 10.2. The summed E-state index contributed by atoms with van der Waals surface area (Å²) in [5.41, 5.74) is 1.13. The molecule has 1 N–H and O–H groups in total. The molecule has 0 spiro atoms. The normalized spacial score (nSPS) is 11.9. The summed E-state index contributed by atoms with van der Waals surface area (Å²) in [7, 11) is 0. The van der Waals surface area contributed by atoms with Crippen molar-refractivity contribution >= 4 is 21.7 Å². The van der Waals surface area contributed by atoms with E-state index in [-0.39, 0.29) is 6.04 Å². The Kier molecular flexibility index (Phi) is 3.97. The molecule has 1 rings (SSSR count). The first kappa shape index (κ1) is 11.1. The molecule has 2 nitrogen and oxygen atoms in total. The van der Waals surface area contributed by atoms with E-state index in [2.05, 4.69) is 32.2 Å². The van der Waals surface area contributed by atoms with E-state index in [0.717, 1.165) is 15.9 Å². The molecule has 0 fully saturated rings. The first-order valence-electron chi connectivity index (χ1n) is 4.45. The second-order valence-corrected chi connectivity index (χ2v) is 4.15. The van der Waals surface area contributed by atoms with Gasteiger partial charge >= 0.3 is 0 Å². The zero-order valence-corrected chi connectivity index (χ0v) is 9.93. The van der Waals surface area contributed by atoms with Crippen molar-refractivity contribution in [2.24, 2.45) is 0 Å². The molecule has 0 aliphatic carbocycles. The summed E-state index contributed by atoms with van der Waals surface area (Å²) >= 11 is 3.45. The topological polar surface area (TPSA) is 24.9 Å². The number of terminal acetylenes is 1. The Morgan fingerprint density at radius 2 is 2.43 bits per heavy atom. The van der Waals surface area contributed by atoms with Crippen LogP contribution in [0.4, 0.5) is 5.82 Å². The highest BCUT2D eigenvalue weighted by Crippen LogP contribution is 2.21. The number of halogens is 1. The highest BCUT2D eigenvalue weighted by Gasteiger charge is 2.04. The van der Waals surface area contributed by atoms with Crippen LogP contribution in [0.2, 0.25) is 0 Å². The first-order chi connectivity index (χ1) is 6.63. The smallest absolute Gasteiger partial charge is 0.140 e. The van der Waals surface area contributed by atoms with Crippen molar-refractivity contribution in [3.05, 3.63) is 22.3 Å². The third-order valence-electron chi connectivity index (χ3n) is 1.79. The van der Waals surface area contributed by atoms with E-state index in [1.54, 1.807) is 0 Å². The highest BCUT2D eigenvalue weighted by molar-refractivity contribution is 9.10. The minimum absolute atomic E-state index is 0.242. The number of nitrogens with one attached hydrogen (secondary N) is 1. The SMILES string of the molecule is C#CCC(C)Nc1ncc(C)cc1Br. The molecule has 0 aliphatic heterocycles. The van der Waals surface area contributed by atoms with Gasteiger partial charge in [-0.05, 0) is 41.4 Å². The summed E-state index contributed by atoms with van der Waals surface area (Å²) in [6, 6.07) is 2.27. The molecule has 14 heavy (non-hydrogen) atoms. The van der Waals surface area contributed by atoms with Gasteiger partial charge in [0.15, 0.2) is 0 Å². The van der Waals surface area contributed by atoms with Gasteiger partial charge in [0.2, 0.25) is 0 Å². The molecule has 0 bridgehead atoms. The number of anilines is 1. The summed E-state index contributed by atoms with van der Waals surface area (Å²) in [5.74, 6) is 3.46. The maximum Gasteiger partial charge on any atom is 0.140 e. The standard InChI is InChI=1S/C11H13BrN2/c1-4-5-9(3)14-11-10(12)6-8(2)7-13-11/h1,6-7,9H,5H2,2-3H3,(H,13,14). The third kappa shape index (κ3) is 3.04. The monoisotopic (exact) mass is 252 g/mol. The van der Waals surface area contributed by atoms with E-state index in [4.69, 9.17) is 6.42 Å². The molecule has 0 aliphatic rings. The predicted molar refractivity (Wildman–Crippen MR) is 63.2 cm³/mol. The van der Waals surface area contributed by atoms with E-state index in [0.29, 0.717) is 6.42 Å². The Hall–Kier alpha value is -1.01. The number of aryl methyl sites for hydroxylation is 1. The van der Waals surface area contributed by atoms with Crippen LogP contribution in [0.3, 0.4) is 0 Å². The molecule has 1 heterocycles. The second-order valence-electron chi connectivity index (χ2n) is 3.30. The second kappa shape index (κ2) is 5.02. The largest absolute Gasteiger partial charge is 0.366 e. The number of hydrogen-bond donors (Lipinski definition) is 1. The van der Waals surface area contributed by atoms with Crippen LogP contribution in [-0.4, -0.2) is 11.0 Å². The average Bonchev–Trinajstić information content (AvgIpc) is 2.10. The van der Waals surface area contributed by atoms with Crippen LogP contribution < -0.4 is 5.32 Å². The third-order valence-corrected chi connectivity index (χ3v) is 2.39. The lowest BCUT2D eigenvalue weighted by molar-refractivity contribution is 0.820. The Morgan fingerprint density at radius 1 is 1.71 bits per heavy atom. The molecule has 74 valence electrons. The van der Waals surface area contributed by atoms with Crippen molar-refractivity contribution < 1.29 is 0 Å². The minimum Gasteiger partial charge on any atom is -0.366 e. The maximum atomic E-state index is 5.22. The molecule has 3 heteroatoms. The fraction of sp³-hybridized carbons (Fsp3) is 0.364. The van der Waals surface area contributed by atoms with Gasteiger partial charge in [-0.25, -0.2) is 4.98 Å². The molecule has 0 radical (unpaired) electrons. The van der Waals surface area contributed by atoms with E-state index in [1.165, 1.54) is 0 Å². The zero-order chi connectivity index (χ0) is 10.6. The van der Waals surface area contributed by atoms with Gasteiger partial charge in [0.05, 0.1) is 4.47 Å². The quantitative estimate of drug-likeness (QED) is 0.837. The lowest BCUT2D eigenvalue weighted by Crippen LogP contribution is -2.15. The van der Waals surface area contributed by atoms with Crippen molar-refractivity contribution in [3.8, 4) is 12.3 Å². The molecule has 0 amide bonds. The molecule has 1 atom stereocenters. The highest BCUT2D eigenvalue weighted by atomic mass is 79.9. The fourth-order valence-electron chi connectivity index (χ4n) is 1.10. The molecule has 0 aromatic carbocycles. The van der Waals surface area contributed by atoms with E-state index < -0.39 is 0 Å². The Morgan fingerprint density at radius 3 is 3.00 bits per heavy atom. The summed E-state index contributed by atoms with van der Waals surface area (Å²) in [6.45, 7) is 4.04. The van der Waals surface area contributed by atoms with Crippen molar-refractivity contribution in [2.45, 2.75) is 26.3 Å². The van der Waals surface area contributed by atoms with Crippen LogP contribution >= 0.6 is 15.9 Å². The van der Waals surface area contributed by atoms with Crippen LogP contribution in [0.25, 0.3) is 0 Å². The Balaban J connectivity index is 2.73. The summed E-state index contributed by atoms with van der Waals surface area (Å²) < 4.78 is 0.973. The van der Waals surface area contributed by atoms with Crippen LogP contribution in [0.5, 0.6) is 0 Å². The molecule has 0 saturated carbocycles. The van der Waals surface area contributed by atoms with Gasteiger partial charge in [0, 0.05) is 18.7 Å². The van der Waals surface area contributed by atoms with E-state index in [1.807, 2.05) is 26.1 Å². The van der Waals surface area contributed by atoms with Crippen LogP contribution in [0.15, 0.2) is 16.7 Å². The minimum atomic E-state index is 0.242. The van der Waals surface area contributed by atoms with Gasteiger partial charge in [-0.3, -0.25) is 0 Å². The zero-order valence-electron chi connectivity index (χ0n) is 8.34. The van der Waals surface area contributed by atoms with E-state index in [9.17, 15) is 0 Å². The molecular weight excluding hydrogens is 240 g/mol.